The van der Waals surface area contributed by atoms with Crippen LogP contribution in [-0.2, 0) is 6.54 Å². The van der Waals surface area contributed by atoms with E-state index >= 15 is 0 Å². The SMILES string of the molecule is CCCC1CCC(c2ncc(CN)c(=O)[nH]2)CC1. The van der Waals surface area contributed by atoms with Gasteiger partial charge in [-0.15, -0.1) is 0 Å². The van der Waals surface area contributed by atoms with Gasteiger partial charge in [-0.3, -0.25) is 4.79 Å². The van der Waals surface area contributed by atoms with Crippen molar-refractivity contribution in [1.82, 2.24) is 9.97 Å². The van der Waals surface area contributed by atoms with E-state index < -0.39 is 0 Å². The topological polar surface area (TPSA) is 71.8 Å². The molecule has 0 aliphatic heterocycles. The molecule has 0 amide bonds. The van der Waals surface area contributed by atoms with Crippen LogP contribution in [0.1, 0.15) is 62.8 Å². The van der Waals surface area contributed by atoms with Crippen molar-refractivity contribution in [3.63, 3.8) is 0 Å². The van der Waals surface area contributed by atoms with Crippen LogP contribution in [0, 0.1) is 5.92 Å². The van der Waals surface area contributed by atoms with E-state index in [9.17, 15) is 4.79 Å². The lowest BCUT2D eigenvalue weighted by molar-refractivity contribution is 0.302. The molecule has 18 heavy (non-hydrogen) atoms. The van der Waals surface area contributed by atoms with E-state index in [0.29, 0.717) is 11.5 Å². The number of nitrogens with two attached hydrogens (primary N) is 1. The van der Waals surface area contributed by atoms with E-state index in [1.807, 2.05) is 0 Å². The molecule has 0 bridgehead atoms. The van der Waals surface area contributed by atoms with Gasteiger partial charge in [0.15, 0.2) is 0 Å². The highest BCUT2D eigenvalue weighted by Crippen LogP contribution is 2.35. The van der Waals surface area contributed by atoms with Crippen LogP contribution in [0.25, 0.3) is 0 Å². The molecule has 4 nitrogen and oxygen atoms in total. The Morgan fingerprint density at radius 2 is 2.11 bits per heavy atom. The Morgan fingerprint density at radius 1 is 1.39 bits per heavy atom. The first-order valence-electron chi connectivity index (χ1n) is 7.02. The molecule has 1 aliphatic carbocycles. The summed E-state index contributed by atoms with van der Waals surface area (Å²) in [5, 5.41) is 0. The minimum absolute atomic E-state index is 0.0711. The van der Waals surface area contributed by atoms with Crippen molar-refractivity contribution in [2.75, 3.05) is 0 Å². The third kappa shape index (κ3) is 2.99. The lowest BCUT2D eigenvalue weighted by atomic mass is 9.80. The smallest absolute Gasteiger partial charge is 0.255 e. The molecule has 3 N–H and O–H groups in total. The molecule has 1 aliphatic rings. The summed E-state index contributed by atoms with van der Waals surface area (Å²) in [7, 11) is 0. The second-order valence-corrected chi connectivity index (χ2v) is 5.33. The van der Waals surface area contributed by atoms with Crippen LogP contribution in [0.3, 0.4) is 0 Å². The van der Waals surface area contributed by atoms with Gasteiger partial charge >= 0.3 is 0 Å². The monoisotopic (exact) mass is 249 g/mol. The van der Waals surface area contributed by atoms with Crippen LogP contribution < -0.4 is 11.3 Å². The van der Waals surface area contributed by atoms with Crippen molar-refractivity contribution in [3.8, 4) is 0 Å². The number of nitrogens with one attached hydrogen (secondary N) is 1. The van der Waals surface area contributed by atoms with Gasteiger partial charge in [0, 0.05) is 24.2 Å². The third-order valence-corrected chi connectivity index (χ3v) is 4.04. The van der Waals surface area contributed by atoms with Crippen LogP contribution in [0.5, 0.6) is 0 Å². The maximum atomic E-state index is 11.7. The predicted molar refractivity (Wildman–Crippen MR) is 72.4 cm³/mol. The molecule has 0 atom stereocenters. The third-order valence-electron chi connectivity index (χ3n) is 4.04. The summed E-state index contributed by atoms with van der Waals surface area (Å²) in [6.07, 6.45) is 9.07. The normalized spacial score (nSPS) is 24.1. The van der Waals surface area contributed by atoms with Gasteiger partial charge in [0.1, 0.15) is 5.82 Å². The molecular weight excluding hydrogens is 226 g/mol. The summed E-state index contributed by atoms with van der Waals surface area (Å²) in [5.74, 6) is 2.16. The van der Waals surface area contributed by atoms with Gasteiger partial charge in [-0.1, -0.05) is 19.8 Å². The first-order chi connectivity index (χ1) is 8.74. The van der Waals surface area contributed by atoms with E-state index in [4.69, 9.17) is 5.73 Å². The van der Waals surface area contributed by atoms with Crippen LogP contribution in [0.2, 0.25) is 0 Å². The molecule has 0 aromatic carbocycles. The van der Waals surface area contributed by atoms with Gasteiger partial charge in [0.25, 0.3) is 5.56 Å². The maximum Gasteiger partial charge on any atom is 0.255 e. The molecule has 1 heterocycles. The van der Waals surface area contributed by atoms with Gasteiger partial charge in [-0.2, -0.15) is 0 Å². The van der Waals surface area contributed by atoms with Crippen LogP contribution >= 0.6 is 0 Å². The van der Waals surface area contributed by atoms with Crippen molar-refractivity contribution in [2.24, 2.45) is 11.7 Å². The van der Waals surface area contributed by atoms with E-state index in [1.54, 1.807) is 6.20 Å². The number of aromatic nitrogens is 2. The fraction of sp³-hybridized carbons (Fsp3) is 0.714. The highest BCUT2D eigenvalue weighted by molar-refractivity contribution is 5.08. The Hall–Kier alpha value is -1.16. The molecule has 4 heteroatoms. The van der Waals surface area contributed by atoms with E-state index in [2.05, 4.69) is 16.9 Å². The average molecular weight is 249 g/mol. The van der Waals surface area contributed by atoms with Gasteiger partial charge in [0.05, 0.1) is 0 Å². The Kier molecular flexibility index (Phi) is 4.53. The highest BCUT2D eigenvalue weighted by atomic mass is 16.1. The minimum Gasteiger partial charge on any atom is -0.326 e. The maximum absolute atomic E-state index is 11.7. The average Bonchev–Trinajstić information content (AvgIpc) is 2.40. The summed E-state index contributed by atoms with van der Waals surface area (Å²) >= 11 is 0. The standard InChI is InChI=1S/C14H23N3O/c1-2-3-10-4-6-11(7-5-10)13-16-9-12(8-15)14(18)17-13/h9-11H,2-8,15H2,1H3,(H,16,17,18). The second-order valence-electron chi connectivity index (χ2n) is 5.33. The molecule has 1 aromatic heterocycles. The van der Waals surface area contributed by atoms with E-state index in [-0.39, 0.29) is 12.1 Å². The molecule has 0 radical (unpaired) electrons. The van der Waals surface area contributed by atoms with E-state index in [1.165, 1.54) is 25.7 Å². The molecular formula is C14H23N3O. The number of H-pyrrole nitrogens is 1. The quantitative estimate of drug-likeness (QED) is 0.860. The fourth-order valence-corrected chi connectivity index (χ4v) is 2.92. The van der Waals surface area contributed by atoms with Gasteiger partial charge in [-0.25, -0.2) is 4.98 Å². The second kappa shape index (κ2) is 6.14. The van der Waals surface area contributed by atoms with Crippen molar-refractivity contribution < 1.29 is 0 Å². The first-order valence-corrected chi connectivity index (χ1v) is 7.02. The summed E-state index contributed by atoms with van der Waals surface area (Å²) in [4.78, 5) is 19.0. The minimum atomic E-state index is -0.0711. The summed E-state index contributed by atoms with van der Waals surface area (Å²) in [5.41, 5.74) is 5.97. The highest BCUT2D eigenvalue weighted by Gasteiger charge is 2.23. The Labute approximate surface area is 108 Å². The number of aromatic amines is 1. The summed E-state index contributed by atoms with van der Waals surface area (Å²) in [6.45, 7) is 2.50. The number of hydrogen-bond acceptors (Lipinski definition) is 3. The largest absolute Gasteiger partial charge is 0.326 e. The zero-order chi connectivity index (χ0) is 13.0. The molecule has 1 fully saturated rings. The van der Waals surface area contributed by atoms with Gasteiger partial charge in [0.2, 0.25) is 0 Å². The van der Waals surface area contributed by atoms with Crippen molar-refractivity contribution in [3.05, 3.63) is 27.9 Å². The molecule has 1 saturated carbocycles. The molecule has 0 unspecified atom stereocenters. The molecule has 100 valence electrons. The van der Waals surface area contributed by atoms with Crippen LogP contribution in [0.4, 0.5) is 0 Å². The Bertz CT molecular complexity index is 433. The van der Waals surface area contributed by atoms with Crippen molar-refractivity contribution >= 4 is 0 Å². The first kappa shape index (κ1) is 13.3. The Balaban J connectivity index is 2.01. The number of hydrogen-bond donors (Lipinski definition) is 2. The lowest BCUT2D eigenvalue weighted by Gasteiger charge is -2.27. The van der Waals surface area contributed by atoms with E-state index in [0.717, 1.165) is 24.6 Å². The van der Waals surface area contributed by atoms with Crippen LogP contribution in [0.15, 0.2) is 11.0 Å². The molecule has 2 rings (SSSR count). The molecule has 1 aromatic rings. The summed E-state index contributed by atoms with van der Waals surface area (Å²) < 4.78 is 0. The number of rotatable bonds is 4. The van der Waals surface area contributed by atoms with Gasteiger partial charge in [-0.05, 0) is 31.6 Å². The summed E-state index contributed by atoms with van der Waals surface area (Å²) in [6, 6.07) is 0. The van der Waals surface area contributed by atoms with Crippen LogP contribution in [-0.4, -0.2) is 9.97 Å². The zero-order valence-corrected chi connectivity index (χ0v) is 11.1. The van der Waals surface area contributed by atoms with Gasteiger partial charge < -0.3 is 10.7 Å². The zero-order valence-electron chi connectivity index (χ0n) is 11.1. The fourth-order valence-electron chi connectivity index (χ4n) is 2.92. The Morgan fingerprint density at radius 3 is 2.67 bits per heavy atom. The lowest BCUT2D eigenvalue weighted by Crippen LogP contribution is -2.22. The molecule has 0 spiro atoms. The molecule has 0 saturated heterocycles. The van der Waals surface area contributed by atoms with Crippen molar-refractivity contribution in [1.29, 1.82) is 0 Å². The number of nitrogens with zero attached hydrogens (tertiary/aromatic N) is 1. The predicted octanol–water partition coefficient (Wildman–Crippen LogP) is 2.30. The van der Waals surface area contributed by atoms with Crippen molar-refractivity contribution in [2.45, 2.75) is 57.9 Å².